The molecule has 0 saturated heterocycles. The van der Waals surface area contributed by atoms with Gasteiger partial charge in [0.15, 0.2) is 0 Å². The van der Waals surface area contributed by atoms with E-state index in [1.165, 1.54) is 30.9 Å². The fourth-order valence-electron chi connectivity index (χ4n) is 3.78. The zero-order valence-corrected chi connectivity index (χ0v) is 14.3. The molecule has 0 bridgehead atoms. The molecule has 0 unspecified atom stereocenters. The van der Waals surface area contributed by atoms with E-state index in [9.17, 15) is 4.79 Å². The summed E-state index contributed by atoms with van der Waals surface area (Å²) < 4.78 is 5.81. The van der Waals surface area contributed by atoms with Crippen LogP contribution in [0.25, 0.3) is 22.1 Å². The van der Waals surface area contributed by atoms with Crippen molar-refractivity contribution in [2.24, 2.45) is 5.84 Å². The van der Waals surface area contributed by atoms with E-state index in [2.05, 4.69) is 10.4 Å². The minimum absolute atomic E-state index is 0.0850. The summed E-state index contributed by atoms with van der Waals surface area (Å²) in [6, 6.07) is 7.34. The van der Waals surface area contributed by atoms with Gasteiger partial charge in [0.1, 0.15) is 17.2 Å². The summed E-state index contributed by atoms with van der Waals surface area (Å²) in [6.07, 6.45) is 6.07. The summed E-state index contributed by atoms with van der Waals surface area (Å²) in [5.74, 6) is 5.77. The van der Waals surface area contributed by atoms with Crippen LogP contribution in [-0.4, -0.2) is 10.8 Å². The number of hydrazine groups is 1. The fourth-order valence-corrected chi connectivity index (χ4v) is 3.78. The molecule has 0 aliphatic heterocycles. The van der Waals surface area contributed by atoms with Crippen molar-refractivity contribution in [2.45, 2.75) is 38.0 Å². The number of nitrogens with two attached hydrogens (primary N) is 2. The number of hydrogen-bond donors (Lipinski definition) is 4. The molecule has 1 aliphatic carbocycles. The van der Waals surface area contributed by atoms with Crippen LogP contribution in [0.4, 0.5) is 5.82 Å². The Morgan fingerprint density at radius 1 is 1.19 bits per heavy atom. The zero-order valence-electron chi connectivity index (χ0n) is 14.3. The Balaban J connectivity index is 1.91. The molecular weight excluding hydrogens is 330 g/mol. The Bertz CT molecular complexity index is 1070. The fraction of sp³-hybridized carbons (Fsp3) is 0.316. The molecule has 1 saturated carbocycles. The van der Waals surface area contributed by atoms with Gasteiger partial charge in [-0.25, -0.2) is 5.84 Å². The molecular formula is C19H21N5O2. The Kier molecular flexibility index (Phi) is 4.08. The van der Waals surface area contributed by atoms with Crippen LogP contribution in [0.1, 0.15) is 49.1 Å². The first-order valence-corrected chi connectivity index (χ1v) is 8.81. The lowest BCUT2D eigenvalue weighted by Gasteiger charge is -2.22. The molecule has 134 valence electrons. The number of nitrogen functional groups attached to an aromatic ring is 1. The molecule has 4 rings (SSSR count). The van der Waals surface area contributed by atoms with Gasteiger partial charge in [-0.1, -0.05) is 25.3 Å². The predicted octanol–water partition coefficient (Wildman–Crippen LogP) is 2.76. The van der Waals surface area contributed by atoms with Gasteiger partial charge in [-0.2, -0.15) is 4.98 Å². The van der Waals surface area contributed by atoms with Gasteiger partial charge in [0.05, 0.1) is 16.3 Å². The number of pyridine rings is 1. The molecule has 0 spiro atoms. The zero-order chi connectivity index (χ0) is 18.3. The molecule has 0 amide bonds. The van der Waals surface area contributed by atoms with Crippen LogP contribution in [0.3, 0.4) is 0 Å². The second kappa shape index (κ2) is 6.42. The number of rotatable bonds is 2. The summed E-state index contributed by atoms with van der Waals surface area (Å²) in [5, 5.41) is 8.63. The van der Waals surface area contributed by atoms with E-state index >= 15 is 0 Å². The first-order chi connectivity index (χ1) is 12.6. The number of aromatic nitrogens is 1. The Morgan fingerprint density at radius 2 is 1.96 bits per heavy atom. The molecule has 3 aromatic rings. The van der Waals surface area contributed by atoms with E-state index in [0.717, 1.165) is 12.8 Å². The van der Waals surface area contributed by atoms with E-state index in [0.29, 0.717) is 22.3 Å². The van der Waals surface area contributed by atoms with E-state index in [1.54, 1.807) is 0 Å². The van der Waals surface area contributed by atoms with Crippen LogP contribution < -0.4 is 22.4 Å². The number of amidine groups is 1. The smallest absolute Gasteiger partial charge is 0.232 e. The molecule has 26 heavy (non-hydrogen) atoms. The molecule has 0 atom stereocenters. The van der Waals surface area contributed by atoms with Crippen LogP contribution in [0.5, 0.6) is 0 Å². The van der Waals surface area contributed by atoms with E-state index in [4.69, 9.17) is 21.4 Å². The van der Waals surface area contributed by atoms with Crippen molar-refractivity contribution in [3.63, 3.8) is 0 Å². The van der Waals surface area contributed by atoms with Crippen molar-refractivity contribution in [3.05, 3.63) is 45.6 Å². The van der Waals surface area contributed by atoms with Crippen molar-refractivity contribution in [1.82, 2.24) is 10.4 Å². The predicted molar refractivity (Wildman–Crippen MR) is 102 cm³/mol. The number of hydrogen-bond acceptors (Lipinski definition) is 6. The van der Waals surface area contributed by atoms with Crippen molar-refractivity contribution in [3.8, 4) is 0 Å². The lowest BCUT2D eigenvalue weighted by atomic mass is 9.84. The third-order valence-electron chi connectivity index (χ3n) is 5.21. The van der Waals surface area contributed by atoms with Gasteiger partial charge in [-0.05, 0) is 42.5 Å². The summed E-state index contributed by atoms with van der Waals surface area (Å²) in [6.45, 7) is 0. The SMILES string of the molecule is N=C(NN)c1cc2c(=O)c3cc(C4CCCCC4)ccc3oc2nc1N. The minimum atomic E-state index is -0.169. The summed E-state index contributed by atoms with van der Waals surface area (Å²) in [4.78, 5) is 17.2. The van der Waals surface area contributed by atoms with Gasteiger partial charge in [-0.15, -0.1) is 0 Å². The standard InChI is InChI=1S/C19H21N5O2/c20-17-14(18(21)24-22)9-13-16(25)12-8-11(10-4-2-1-3-5-10)6-7-15(12)26-19(13)23-17/h6-10H,1-5,22H2,(H2,20,23)(H2,21,24). The lowest BCUT2D eigenvalue weighted by Crippen LogP contribution is -2.31. The molecule has 6 N–H and O–H groups in total. The lowest BCUT2D eigenvalue weighted by molar-refractivity contribution is 0.444. The van der Waals surface area contributed by atoms with Gasteiger partial charge in [0, 0.05) is 0 Å². The van der Waals surface area contributed by atoms with Crippen LogP contribution in [0.15, 0.2) is 33.5 Å². The first kappa shape index (κ1) is 16.5. The van der Waals surface area contributed by atoms with Crippen molar-refractivity contribution in [2.75, 3.05) is 5.73 Å². The molecule has 2 aromatic heterocycles. The highest BCUT2D eigenvalue weighted by Crippen LogP contribution is 2.34. The largest absolute Gasteiger partial charge is 0.437 e. The quantitative estimate of drug-likeness (QED) is 0.185. The van der Waals surface area contributed by atoms with Crippen LogP contribution in [0.2, 0.25) is 0 Å². The third kappa shape index (κ3) is 2.70. The van der Waals surface area contributed by atoms with Crippen molar-refractivity contribution in [1.29, 1.82) is 5.41 Å². The molecule has 1 aromatic carbocycles. The monoisotopic (exact) mass is 351 g/mol. The van der Waals surface area contributed by atoms with Gasteiger partial charge >= 0.3 is 0 Å². The van der Waals surface area contributed by atoms with Gasteiger partial charge < -0.3 is 15.6 Å². The van der Waals surface area contributed by atoms with Crippen molar-refractivity contribution >= 4 is 33.7 Å². The average Bonchev–Trinajstić information content (AvgIpc) is 2.67. The highest BCUT2D eigenvalue weighted by atomic mass is 16.3. The average molecular weight is 351 g/mol. The number of nitrogens with zero attached hydrogens (tertiary/aromatic N) is 1. The Labute approximate surface area is 149 Å². The Hall–Kier alpha value is -2.93. The highest BCUT2D eigenvalue weighted by Gasteiger charge is 2.18. The number of fused-ring (bicyclic) bond motifs is 2. The molecule has 7 heteroatoms. The second-order valence-corrected chi connectivity index (χ2v) is 6.81. The van der Waals surface area contributed by atoms with Gasteiger partial charge in [-0.3, -0.25) is 10.2 Å². The minimum Gasteiger partial charge on any atom is -0.437 e. The molecule has 1 aliphatic rings. The third-order valence-corrected chi connectivity index (χ3v) is 5.21. The first-order valence-electron chi connectivity index (χ1n) is 8.81. The second-order valence-electron chi connectivity index (χ2n) is 6.81. The number of anilines is 1. The maximum absolute atomic E-state index is 13.0. The molecule has 2 heterocycles. The van der Waals surface area contributed by atoms with E-state index < -0.39 is 0 Å². The van der Waals surface area contributed by atoms with Crippen LogP contribution in [0, 0.1) is 5.41 Å². The molecule has 1 fully saturated rings. The van der Waals surface area contributed by atoms with Crippen LogP contribution >= 0.6 is 0 Å². The van der Waals surface area contributed by atoms with Crippen molar-refractivity contribution < 1.29 is 4.42 Å². The summed E-state index contributed by atoms with van der Waals surface area (Å²) >= 11 is 0. The highest BCUT2D eigenvalue weighted by molar-refractivity contribution is 6.03. The van der Waals surface area contributed by atoms with E-state index in [1.807, 2.05) is 18.2 Å². The molecule has 0 radical (unpaired) electrons. The maximum atomic E-state index is 13.0. The van der Waals surface area contributed by atoms with Gasteiger partial charge in [0.2, 0.25) is 11.1 Å². The van der Waals surface area contributed by atoms with Crippen LogP contribution in [-0.2, 0) is 0 Å². The maximum Gasteiger partial charge on any atom is 0.232 e. The normalized spacial score (nSPS) is 15.4. The number of nitrogens with one attached hydrogen (secondary N) is 2. The topological polar surface area (TPSA) is 131 Å². The van der Waals surface area contributed by atoms with Gasteiger partial charge in [0.25, 0.3) is 0 Å². The van der Waals surface area contributed by atoms with E-state index in [-0.39, 0.29) is 28.4 Å². The Morgan fingerprint density at radius 3 is 2.69 bits per heavy atom. The summed E-state index contributed by atoms with van der Waals surface area (Å²) in [7, 11) is 0. The number of benzene rings is 1. The summed E-state index contributed by atoms with van der Waals surface area (Å²) in [5.41, 5.74) is 10.0. The molecule has 7 nitrogen and oxygen atoms in total.